The molecule has 3 rings (SSSR count). The zero-order valence-electron chi connectivity index (χ0n) is 14.5. The number of hydrogen-bond donors (Lipinski definition) is 2. The van der Waals surface area contributed by atoms with Gasteiger partial charge < -0.3 is 20.6 Å². The van der Waals surface area contributed by atoms with Crippen molar-refractivity contribution in [2.75, 3.05) is 19.8 Å². The van der Waals surface area contributed by atoms with Crippen LogP contribution in [0.25, 0.3) is 0 Å². The summed E-state index contributed by atoms with van der Waals surface area (Å²) in [6, 6.07) is 0.108. The number of ether oxygens (including phenoxy) is 1. The number of amides is 2. The van der Waals surface area contributed by atoms with Crippen molar-refractivity contribution in [1.82, 2.24) is 15.1 Å². The van der Waals surface area contributed by atoms with Crippen molar-refractivity contribution < 1.29 is 19.1 Å². The standard InChI is InChI=1S/C17H23N5O4/c18-15(24)14-10-21-22(12-3-7-26-8-4-12)16(14)20-9-11-1-2-13(11)17(25)19-5-6-23/h6,9-13H,1-5,7-8H2,(H2,18,24)(H,19,25). The van der Waals surface area contributed by atoms with Gasteiger partial charge in [-0.15, -0.1) is 0 Å². The molecule has 0 radical (unpaired) electrons. The highest BCUT2D eigenvalue weighted by atomic mass is 16.5. The van der Waals surface area contributed by atoms with Crippen molar-refractivity contribution in [2.24, 2.45) is 22.6 Å². The fourth-order valence-electron chi connectivity index (χ4n) is 3.32. The van der Waals surface area contributed by atoms with Crippen LogP contribution in [0.15, 0.2) is 11.2 Å². The number of nitrogens with one attached hydrogen (secondary N) is 1. The highest BCUT2D eigenvalue weighted by Gasteiger charge is 2.35. The van der Waals surface area contributed by atoms with Crippen molar-refractivity contribution in [3.8, 4) is 0 Å². The summed E-state index contributed by atoms with van der Waals surface area (Å²) in [4.78, 5) is 38.6. The minimum Gasteiger partial charge on any atom is -0.381 e. The van der Waals surface area contributed by atoms with E-state index in [1.807, 2.05) is 0 Å². The Balaban J connectivity index is 1.76. The number of aldehydes is 1. The fourth-order valence-corrected chi connectivity index (χ4v) is 3.32. The van der Waals surface area contributed by atoms with Gasteiger partial charge in [-0.1, -0.05) is 0 Å². The number of nitrogens with two attached hydrogens (primary N) is 1. The number of aliphatic imine (C=N–C) groups is 1. The van der Waals surface area contributed by atoms with Crippen LogP contribution in [0.5, 0.6) is 0 Å². The number of rotatable bonds is 7. The monoisotopic (exact) mass is 361 g/mol. The normalized spacial score (nSPS) is 23.5. The summed E-state index contributed by atoms with van der Waals surface area (Å²) in [5.74, 6) is -0.517. The second-order valence-corrected chi connectivity index (χ2v) is 6.57. The van der Waals surface area contributed by atoms with Gasteiger partial charge in [0, 0.05) is 31.3 Å². The summed E-state index contributed by atoms with van der Waals surface area (Å²) in [6.45, 7) is 1.30. The zero-order chi connectivity index (χ0) is 18.5. The first-order chi connectivity index (χ1) is 12.6. The molecule has 1 aromatic heterocycles. The Morgan fingerprint density at radius 1 is 1.35 bits per heavy atom. The SMILES string of the molecule is NC(=O)c1cnn(C2CCOCC2)c1N=CC1CCC1C(=O)NCC=O. The Hall–Kier alpha value is -2.55. The van der Waals surface area contributed by atoms with Gasteiger partial charge in [0.2, 0.25) is 5.91 Å². The third-order valence-corrected chi connectivity index (χ3v) is 4.98. The summed E-state index contributed by atoms with van der Waals surface area (Å²) in [7, 11) is 0. The van der Waals surface area contributed by atoms with Crippen LogP contribution >= 0.6 is 0 Å². The molecule has 1 saturated carbocycles. The van der Waals surface area contributed by atoms with Gasteiger partial charge in [-0.25, -0.2) is 9.67 Å². The number of hydrogen-bond acceptors (Lipinski definition) is 6. The third kappa shape index (κ3) is 3.82. The Labute approximate surface area is 151 Å². The smallest absolute Gasteiger partial charge is 0.254 e. The molecule has 1 aliphatic carbocycles. The van der Waals surface area contributed by atoms with Gasteiger partial charge in [-0.2, -0.15) is 5.10 Å². The third-order valence-electron chi connectivity index (χ3n) is 4.98. The maximum atomic E-state index is 12.0. The summed E-state index contributed by atoms with van der Waals surface area (Å²) >= 11 is 0. The quantitative estimate of drug-likeness (QED) is 0.536. The summed E-state index contributed by atoms with van der Waals surface area (Å²) < 4.78 is 7.11. The van der Waals surface area contributed by atoms with Crippen LogP contribution in [0.1, 0.15) is 42.1 Å². The second kappa shape index (κ2) is 8.22. The lowest BCUT2D eigenvalue weighted by Gasteiger charge is -2.32. The van der Waals surface area contributed by atoms with Gasteiger partial charge in [0.05, 0.1) is 18.8 Å². The van der Waals surface area contributed by atoms with Crippen molar-refractivity contribution in [2.45, 2.75) is 31.7 Å². The fraction of sp³-hybridized carbons (Fsp3) is 0.588. The van der Waals surface area contributed by atoms with Crippen LogP contribution in [0.4, 0.5) is 5.82 Å². The minimum atomic E-state index is -0.579. The van der Waals surface area contributed by atoms with Crippen molar-refractivity contribution in [3.05, 3.63) is 11.8 Å². The first kappa shape index (κ1) is 18.2. The molecule has 0 bridgehead atoms. The Morgan fingerprint density at radius 3 is 2.73 bits per heavy atom. The van der Waals surface area contributed by atoms with E-state index in [9.17, 15) is 14.4 Å². The van der Waals surface area contributed by atoms with Crippen LogP contribution in [-0.2, 0) is 14.3 Å². The molecule has 1 aliphatic heterocycles. The minimum absolute atomic E-state index is 0.0154. The van der Waals surface area contributed by atoms with E-state index in [-0.39, 0.29) is 35.9 Å². The number of primary amides is 1. The Bertz CT molecular complexity index is 708. The maximum Gasteiger partial charge on any atom is 0.254 e. The van der Waals surface area contributed by atoms with E-state index in [1.54, 1.807) is 10.9 Å². The van der Waals surface area contributed by atoms with E-state index in [0.717, 1.165) is 25.7 Å². The van der Waals surface area contributed by atoms with E-state index in [2.05, 4.69) is 15.4 Å². The molecular formula is C17H23N5O4. The van der Waals surface area contributed by atoms with E-state index < -0.39 is 5.91 Å². The van der Waals surface area contributed by atoms with Gasteiger partial charge in [0.25, 0.3) is 5.91 Å². The molecule has 140 valence electrons. The van der Waals surface area contributed by atoms with Gasteiger partial charge in [-0.3, -0.25) is 9.59 Å². The van der Waals surface area contributed by atoms with E-state index in [1.165, 1.54) is 6.20 Å². The average molecular weight is 361 g/mol. The molecule has 2 heterocycles. The number of carbonyl (C=O) groups excluding carboxylic acids is 3. The van der Waals surface area contributed by atoms with Crippen LogP contribution in [-0.4, -0.2) is 53.9 Å². The molecule has 2 amide bonds. The molecule has 0 spiro atoms. The summed E-state index contributed by atoms with van der Waals surface area (Å²) in [6.07, 6.45) is 6.98. The van der Waals surface area contributed by atoms with Crippen molar-refractivity contribution >= 4 is 30.1 Å². The molecular weight excluding hydrogens is 338 g/mol. The maximum absolute atomic E-state index is 12.0. The largest absolute Gasteiger partial charge is 0.381 e. The molecule has 1 saturated heterocycles. The van der Waals surface area contributed by atoms with Gasteiger partial charge in [0.15, 0.2) is 5.82 Å². The van der Waals surface area contributed by atoms with Gasteiger partial charge in [0.1, 0.15) is 11.8 Å². The molecule has 2 aliphatic rings. The molecule has 2 fully saturated rings. The molecule has 9 heteroatoms. The number of aromatic nitrogens is 2. The predicted octanol–water partition coefficient (Wildman–Crippen LogP) is 0.377. The predicted molar refractivity (Wildman–Crippen MR) is 93.3 cm³/mol. The lowest BCUT2D eigenvalue weighted by Crippen LogP contribution is -2.41. The zero-order valence-corrected chi connectivity index (χ0v) is 14.5. The lowest BCUT2D eigenvalue weighted by atomic mass is 9.74. The van der Waals surface area contributed by atoms with Crippen LogP contribution < -0.4 is 11.1 Å². The Morgan fingerprint density at radius 2 is 2.12 bits per heavy atom. The summed E-state index contributed by atoms with van der Waals surface area (Å²) in [5, 5.41) is 6.88. The highest BCUT2D eigenvalue weighted by Crippen LogP contribution is 2.34. The molecule has 26 heavy (non-hydrogen) atoms. The molecule has 2 unspecified atom stereocenters. The lowest BCUT2D eigenvalue weighted by molar-refractivity contribution is -0.129. The average Bonchev–Trinajstić information content (AvgIpc) is 3.04. The van der Waals surface area contributed by atoms with E-state index in [4.69, 9.17) is 10.5 Å². The van der Waals surface area contributed by atoms with Gasteiger partial charge in [-0.05, 0) is 25.7 Å². The Kier molecular flexibility index (Phi) is 5.77. The van der Waals surface area contributed by atoms with Crippen molar-refractivity contribution in [3.63, 3.8) is 0 Å². The molecule has 1 aromatic rings. The first-order valence-electron chi connectivity index (χ1n) is 8.82. The van der Waals surface area contributed by atoms with Crippen LogP contribution in [0, 0.1) is 11.8 Å². The first-order valence-corrected chi connectivity index (χ1v) is 8.82. The highest BCUT2D eigenvalue weighted by molar-refractivity contribution is 5.97. The molecule has 9 nitrogen and oxygen atoms in total. The number of carbonyl (C=O) groups is 3. The van der Waals surface area contributed by atoms with Crippen LogP contribution in [0.3, 0.4) is 0 Å². The van der Waals surface area contributed by atoms with E-state index >= 15 is 0 Å². The topological polar surface area (TPSA) is 129 Å². The van der Waals surface area contributed by atoms with Crippen LogP contribution in [0.2, 0.25) is 0 Å². The van der Waals surface area contributed by atoms with Crippen molar-refractivity contribution in [1.29, 1.82) is 0 Å². The number of nitrogens with zero attached hydrogens (tertiary/aromatic N) is 3. The summed E-state index contributed by atoms with van der Waals surface area (Å²) in [5.41, 5.74) is 5.72. The molecule has 0 aromatic carbocycles. The van der Waals surface area contributed by atoms with E-state index in [0.29, 0.717) is 25.3 Å². The molecule has 2 atom stereocenters. The van der Waals surface area contributed by atoms with Gasteiger partial charge >= 0.3 is 0 Å². The molecule has 3 N–H and O–H groups in total. The second-order valence-electron chi connectivity index (χ2n) is 6.57.